The van der Waals surface area contributed by atoms with Crippen LogP contribution in [0.2, 0.25) is 0 Å². The molecule has 0 atom stereocenters. The number of benzene rings is 1. The molecule has 2 aliphatic rings. The van der Waals surface area contributed by atoms with Crippen LogP contribution in [0.1, 0.15) is 67.3 Å². The van der Waals surface area contributed by atoms with E-state index in [1.807, 2.05) is 0 Å². The molecule has 3 rings (SSSR count). The summed E-state index contributed by atoms with van der Waals surface area (Å²) >= 11 is 0. The lowest BCUT2D eigenvalue weighted by atomic mass is 9.81. The lowest BCUT2D eigenvalue weighted by Crippen LogP contribution is -2.56. The lowest BCUT2D eigenvalue weighted by Gasteiger charge is -2.35. The molecular formula is C21H30N2O5S. The maximum absolute atomic E-state index is 13.1. The summed E-state index contributed by atoms with van der Waals surface area (Å²) in [4.78, 5) is 25.5. The molecule has 2 fully saturated rings. The topological polar surface area (TPSA) is 92.8 Å². The molecule has 0 radical (unpaired) electrons. The van der Waals surface area contributed by atoms with Crippen molar-refractivity contribution in [2.24, 2.45) is 0 Å². The molecule has 160 valence electrons. The van der Waals surface area contributed by atoms with Gasteiger partial charge in [0.15, 0.2) is 0 Å². The molecule has 0 unspecified atom stereocenters. The van der Waals surface area contributed by atoms with E-state index in [4.69, 9.17) is 4.74 Å². The highest BCUT2D eigenvalue weighted by Gasteiger charge is 2.42. The van der Waals surface area contributed by atoms with Crippen LogP contribution in [-0.2, 0) is 19.6 Å². The highest BCUT2D eigenvalue weighted by atomic mass is 32.2. The molecule has 1 heterocycles. The zero-order chi connectivity index (χ0) is 21.1. The van der Waals surface area contributed by atoms with Gasteiger partial charge in [-0.15, -0.1) is 0 Å². The second-order valence-corrected chi connectivity index (χ2v) is 9.94. The van der Waals surface area contributed by atoms with Gasteiger partial charge >= 0.3 is 5.97 Å². The van der Waals surface area contributed by atoms with Gasteiger partial charge < -0.3 is 10.1 Å². The number of esters is 1. The van der Waals surface area contributed by atoms with Gasteiger partial charge in [0.25, 0.3) is 5.91 Å². The summed E-state index contributed by atoms with van der Waals surface area (Å²) in [5.74, 6) is -0.897. The van der Waals surface area contributed by atoms with Crippen LogP contribution in [0.3, 0.4) is 0 Å². The summed E-state index contributed by atoms with van der Waals surface area (Å²) < 4.78 is 32.7. The van der Waals surface area contributed by atoms with Gasteiger partial charge in [-0.3, -0.25) is 4.79 Å². The van der Waals surface area contributed by atoms with Crippen LogP contribution in [0.4, 0.5) is 0 Å². The number of amides is 1. The Labute approximate surface area is 172 Å². The van der Waals surface area contributed by atoms with Crippen molar-refractivity contribution >= 4 is 21.9 Å². The molecule has 1 aliphatic carbocycles. The minimum absolute atomic E-state index is 0.155. The summed E-state index contributed by atoms with van der Waals surface area (Å²) in [5, 5.41) is 2.86. The minimum atomic E-state index is -3.66. The molecule has 1 aromatic carbocycles. The molecule has 29 heavy (non-hydrogen) atoms. The van der Waals surface area contributed by atoms with E-state index < -0.39 is 27.4 Å². The van der Waals surface area contributed by atoms with Gasteiger partial charge in [0, 0.05) is 18.7 Å². The zero-order valence-electron chi connectivity index (χ0n) is 17.2. The molecule has 0 aromatic heterocycles. The molecular weight excluding hydrogens is 392 g/mol. The number of nitrogens with one attached hydrogen (secondary N) is 1. The number of hydrogen-bond donors (Lipinski definition) is 1. The maximum Gasteiger partial charge on any atom is 0.331 e. The number of ether oxygens (including phenoxy) is 1. The number of aryl methyl sites for hydroxylation is 1. The SMILES string of the molecule is COC(=O)C1(NC(=O)c2ccc(C)c(S(=O)(=O)N3CCCCC3)c2)CCCCC1. The lowest BCUT2D eigenvalue weighted by molar-refractivity contribution is -0.149. The quantitative estimate of drug-likeness (QED) is 0.737. The van der Waals surface area contributed by atoms with E-state index in [1.165, 1.54) is 17.5 Å². The molecule has 7 nitrogen and oxygen atoms in total. The Balaban J connectivity index is 1.88. The number of carbonyl (C=O) groups is 2. The number of hydrogen-bond acceptors (Lipinski definition) is 5. The molecule has 1 aromatic rings. The van der Waals surface area contributed by atoms with Gasteiger partial charge in [0.05, 0.1) is 12.0 Å². The molecule has 1 saturated carbocycles. The van der Waals surface area contributed by atoms with Gasteiger partial charge in [-0.25, -0.2) is 13.2 Å². The molecule has 0 bridgehead atoms. The van der Waals surface area contributed by atoms with Crippen molar-refractivity contribution in [2.45, 2.75) is 68.7 Å². The minimum Gasteiger partial charge on any atom is -0.467 e. The number of piperidine rings is 1. The van der Waals surface area contributed by atoms with E-state index in [0.29, 0.717) is 31.5 Å². The smallest absolute Gasteiger partial charge is 0.331 e. The van der Waals surface area contributed by atoms with Gasteiger partial charge in [0.1, 0.15) is 5.54 Å². The summed E-state index contributed by atoms with van der Waals surface area (Å²) in [6.45, 7) is 2.74. The second-order valence-electron chi connectivity index (χ2n) is 8.03. The first kappa shape index (κ1) is 21.8. The average Bonchev–Trinajstić information content (AvgIpc) is 2.74. The van der Waals surface area contributed by atoms with Crippen molar-refractivity contribution in [3.8, 4) is 0 Å². The van der Waals surface area contributed by atoms with Gasteiger partial charge in [-0.2, -0.15) is 4.31 Å². The Kier molecular flexibility index (Phi) is 6.63. The molecule has 1 aliphatic heterocycles. The van der Waals surface area contributed by atoms with E-state index in [1.54, 1.807) is 19.1 Å². The maximum atomic E-state index is 13.1. The standard InChI is InChI=1S/C21H30N2O5S/c1-16-9-10-17(15-18(16)29(26,27)23-13-7-4-8-14-23)19(24)22-21(20(25)28-2)11-5-3-6-12-21/h9-10,15H,3-8,11-14H2,1-2H3,(H,22,24). The van der Waals surface area contributed by atoms with E-state index in [9.17, 15) is 18.0 Å². The van der Waals surface area contributed by atoms with Crippen molar-refractivity contribution in [1.29, 1.82) is 0 Å². The Morgan fingerprint density at radius 1 is 1.03 bits per heavy atom. The highest BCUT2D eigenvalue weighted by molar-refractivity contribution is 7.89. The predicted octanol–water partition coefficient (Wildman–Crippen LogP) is 2.78. The molecule has 1 amide bonds. The zero-order valence-corrected chi connectivity index (χ0v) is 18.0. The second kappa shape index (κ2) is 8.83. The summed E-state index contributed by atoms with van der Waals surface area (Å²) in [5.41, 5.74) is -0.201. The molecule has 8 heteroatoms. The van der Waals surface area contributed by atoms with Crippen LogP contribution in [0.25, 0.3) is 0 Å². The molecule has 1 saturated heterocycles. The predicted molar refractivity (Wildman–Crippen MR) is 109 cm³/mol. The van der Waals surface area contributed by atoms with Crippen molar-refractivity contribution in [1.82, 2.24) is 9.62 Å². The van der Waals surface area contributed by atoms with Crippen molar-refractivity contribution in [3.05, 3.63) is 29.3 Å². The Morgan fingerprint density at radius 3 is 2.28 bits per heavy atom. The Bertz CT molecular complexity index is 869. The first-order chi connectivity index (χ1) is 13.8. The highest BCUT2D eigenvalue weighted by Crippen LogP contribution is 2.30. The van der Waals surface area contributed by atoms with Gasteiger partial charge in [-0.1, -0.05) is 31.7 Å². The summed E-state index contributed by atoms with van der Waals surface area (Å²) in [7, 11) is -2.34. The van der Waals surface area contributed by atoms with Crippen molar-refractivity contribution in [2.75, 3.05) is 20.2 Å². The number of nitrogens with zero attached hydrogens (tertiary/aromatic N) is 1. The van der Waals surface area contributed by atoms with Crippen LogP contribution in [0.5, 0.6) is 0 Å². The van der Waals surface area contributed by atoms with Crippen LogP contribution in [0.15, 0.2) is 23.1 Å². The molecule has 1 N–H and O–H groups in total. The van der Waals surface area contributed by atoms with Crippen LogP contribution < -0.4 is 5.32 Å². The van der Waals surface area contributed by atoms with E-state index >= 15 is 0 Å². The normalized spacial score (nSPS) is 20.1. The van der Waals surface area contributed by atoms with E-state index in [0.717, 1.165) is 38.5 Å². The number of sulfonamides is 1. The van der Waals surface area contributed by atoms with E-state index in [2.05, 4.69) is 5.32 Å². The monoisotopic (exact) mass is 422 g/mol. The van der Waals surface area contributed by atoms with Crippen LogP contribution in [-0.4, -0.2) is 50.3 Å². The number of carbonyl (C=O) groups excluding carboxylic acids is 2. The largest absolute Gasteiger partial charge is 0.467 e. The Morgan fingerprint density at radius 2 is 1.66 bits per heavy atom. The van der Waals surface area contributed by atoms with Crippen LogP contribution in [0, 0.1) is 6.92 Å². The Hall–Kier alpha value is -1.93. The third-order valence-corrected chi connectivity index (χ3v) is 8.06. The third kappa shape index (κ3) is 4.48. The summed E-state index contributed by atoms with van der Waals surface area (Å²) in [6.07, 6.45) is 6.45. The summed E-state index contributed by atoms with van der Waals surface area (Å²) in [6, 6.07) is 4.69. The van der Waals surface area contributed by atoms with Crippen molar-refractivity contribution in [3.63, 3.8) is 0 Å². The van der Waals surface area contributed by atoms with Gasteiger partial charge in [0.2, 0.25) is 10.0 Å². The molecule has 0 spiro atoms. The fraction of sp³-hybridized carbons (Fsp3) is 0.619. The first-order valence-corrected chi connectivity index (χ1v) is 11.8. The third-order valence-electron chi connectivity index (χ3n) is 6.02. The van der Waals surface area contributed by atoms with Crippen LogP contribution >= 0.6 is 0 Å². The number of rotatable bonds is 5. The van der Waals surface area contributed by atoms with Crippen molar-refractivity contribution < 1.29 is 22.7 Å². The average molecular weight is 423 g/mol. The number of methoxy groups -OCH3 is 1. The fourth-order valence-corrected chi connectivity index (χ4v) is 6.05. The first-order valence-electron chi connectivity index (χ1n) is 10.3. The fourth-order valence-electron chi connectivity index (χ4n) is 4.28. The van der Waals surface area contributed by atoms with E-state index in [-0.39, 0.29) is 10.5 Å². The van der Waals surface area contributed by atoms with Gasteiger partial charge in [-0.05, 0) is 50.3 Å².